The molecule has 0 aliphatic carbocycles. The van der Waals surface area contributed by atoms with Crippen LogP contribution in [0, 0.1) is 0 Å². The number of ether oxygens (including phenoxy) is 1. The van der Waals surface area contributed by atoms with Crippen LogP contribution in [-0.2, 0) is 20.7 Å². The van der Waals surface area contributed by atoms with Gasteiger partial charge in [-0.1, -0.05) is 42.5 Å². The first kappa shape index (κ1) is 18.5. The molecule has 0 saturated carbocycles. The zero-order valence-electron chi connectivity index (χ0n) is 14.7. The van der Waals surface area contributed by atoms with E-state index in [0.29, 0.717) is 16.8 Å². The van der Waals surface area contributed by atoms with E-state index in [0.717, 1.165) is 5.52 Å². The second-order valence-corrected chi connectivity index (χ2v) is 5.98. The zero-order valence-corrected chi connectivity index (χ0v) is 14.7. The Morgan fingerprint density at radius 2 is 1.74 bits per heavy atom. The molecule has 0 radical (unpaired) electrons. The summed E-state index contributed by atoms with van der Waals surface area (Å²) in [6.07, 6.45) is 0.648. The third-order valence-corrected chi connectivity index (χ3v) is 4.10. The molecule has 0 fully saturated rings. The minimum Gasteiger partial charge on any atom is -0.480 e. The first-order chi connectivity index (χ1) is 13.1. The number of nitrogens with one attached hydrogen (secondary N) is 1. The van der Waals surface area contributed by atoms with E-state index in [2.05, 4.69) is 15.3 Å². The molecule has 1 heterocycles. The summed E-state index contributed by atoms with van der Waals surface area (Å²) < 4.78 is 5.25. The number of hydrogen-bond donors (Lipinski definition) is 2. The first-order valence-electron chi connectivity index (χ1n) is 8.40. The summed E-state index contributed by atoms with van der Waals surface area (Å²) in [5.41, 5.74) is 2.52. The number of carboxylic acid groups (broad SMARTS) is 1. The molecule has 3 rings (SSSR count). The van der Waals surface area contributed by atoms with E-state index < -0.39 is 24.0 Å². The van der Waals surface area contributed by atoms with Gasteiger partial charge in [0, 0.05) is 19.7 Å². The molecule has 7 heteroatoms. The van der Waals surface area contributed by atoms with Crippen LogP contribution in [0.4, 0.5) is 0 Å². The van der Waals surface area contributed by atoms with Crippen LogP contribution in [0.25, 0.3) is 11.0 Å². The van der Waals surface area contributed by atoms with Crippen molar-refractivity contribution in [2.24, 2.45) is 0 Å². The number of fused-ring (bicyclic) bond motifs is 1. The highest BCUT2D eigenvalue weighted by molar-refractivity contribution is 5.87. The van der Waals surface area contributed by atoms with Gasteiger partial charge in [0.05, 0.1) is 16.7 Å². The fourth-order valence-corrected chi connectivity index (χ4v) is 2.77. The Balaban J connectivity index is 1.76. The number of para-hydroxylation sites is 2. The standard InChI is InChI=1S/C20H19N3O4/c1-27-18(13-7-3-2-4-8-13)19(24)23-17(20(25)26)11-14-12-21-15-9-5-6-10-16(15)22-14/h2-10,12,17-18H,11H2,1H3,(H,23,24)(H,25,26)/t17-,18-/m1/s1. The molecule has 0 unspecified atom stereocenters. The maximum absolute atomic E-state index is 12.6. The number of carboxylic acids is 1. The Kier molecular flexibility index (Phi) is 5.73. The van der Waals surface area contributed by atoms with Crippen molar-refractivity contribution >= 4 is 22.9 Å². The van der Waals surface area contributed by atoms with E-state index in [1.165, 1.54) is 13.3 Å². The van der Waals surface area contributed by atoms with Crippen LogP contribution in [0.1, 0.15) is 17.4 Å². The van der Waals surface area contributed by atoms with E-state index in [1.807, 2.05) is 24.3 Å². The van der Waals surface area contributed by atoms with Gasteiger partial charge in [-0.25, -0.2) is 9.78 Å². The molecule has 2 N–H and O–H groups in total. The van der Waals surface area contributed by atoms with Crippen LogP contribution in [0.2, 0.25) is 0 Å². The molecular formula is C20H19N3O4. The summed E-state index contributed by atoms with van der Waals surface area (Å²) in [5, 5.41) is 12.0. The van der Waals surface area contributed by atoms with Crippen LogP contribution >= 0.6 is 0 Å². The molecule has 0 bridgehead atoms. The summed E-state index contributed by atoms with van der Waals surface area (Å²) in [6, 6.07) is 15.1. The normalized spacial score (nSPS) is 13.1. The fraction of sp³-hybridized carbons (Fsp3) is 0.200. The molecule has 0 spiro atoms. The lowest BCUT2D eigenvalue weighted by molar-refractivity contribution is -0.144. The number of rotatable bonds is 7. The highest BCUT2D eigenvalue weighted by atomic mass is 16.5. The number of benzene rings is 2. The van der Waals surface area contributed by atoms with Crippen molar-refractivity contribution < 1.29 is 19.4 Å². The molecule has 0 saturated heterocycles. The van der Waals surface area contributed by atoms with Crippen molar-refractivity contribution in [2.45, 2.75) is 18.6 Å². The predicted molar refractivity (Wildman–Crippen MR) is 99.0 cm³/mol. The molecule has 2 aromatic carbocycles. The highest BCUT2D eigenvalue weighted by Gasteiger charge is 2.27. The molecule has 0 aliphatic rings. The highest BCUT2D eigenvalue weighted by Crippen LogP contribution is 2.17. The van der Waals surface area contributed by atoms with Gasteiger partial charge < -0.3 is 15.2 Å². The first-order valence-corrected chi connectivity index (χ1v) is 8.40. The number of carbonyl (C=O) groups excluding carboxylic acids is 1. The fourth-order valence-electron chi connectivity index (χ4n) is 2.77. The minimum atomic E-state index is -1.15. The third-order valence-electron chi connectivity index (χ3n) is 4.10. The van der Waals surface area contributed by atoms with Gasteiger partial charge in [0.2, 0.25) is 0 Å². The van der Waals surface area contributed by atoms with Gasteiger partial charge in [-0.2, -0.15) is 0 Å². The van der Waals surface area contributed by atoms with Gasteiger partial charge in [0.1, 0.15) is 6.04 Å². The topological polar surface area (TPSA) is 101 Å². The van der Waals surface area contributed by atoms with Crippen LogP contribution in [-0.4, -0.2) is 40.1 Å². The number of aliphatic carboxylic acids is 1. The molecule has 1 aromatic heterocycles. The lowest BCUT2D eigenvalue weighted by atomic mass is 10.1. The molecule has 27 heavy (non-hydrogen) atoms. The Hall–Kier alpha value is -3.32. The van der Waals surface area contributed by atoms with E-state index in [4.69, 9.17) is 4.74 Å². The third kappa shape index (κ3) is 4.45. The average molecular weight is 365 g/mol. The molecule has 2 atom stereocenters. The molecule has 138 valence electrons. The van der Waals surface area contributed by atoms with Crippen molar-refractivity contribution in [3.8, 4) is 0 Å². The van der Waals surface area contributed by atoms with Crippen LogP contribution in [0.5, 0.6) is 0 Å². The van der Waals surface area contributed by atoms with Gasteiger partial charge in [-0.3, -0.25) is 9.78 Å². The van der Waals surface area contributed by atoms with Crippen molar-refractivity contribution in [1.29, 1.82) is 0 Å². The summed E-state index contributed by atoms with van der Waals surface area (Å²) in [7, 11) is 1.40. The molecule has 0 aliphatic heterocycles. The van der Waals surface area contributed by atoms with Crippen molar-refractivity contribution in [3.05, 3.63) is 72.1 Å². The predicted octanol–water partition coefficient (Wildman–Crippen LogP) is 2.13. The summed E-state index contributed by atoms with van der Waals surface area (Å²) in [4.78, 5) is 32.9. The summed E-state index contributed by atoms with van der Waals surface area (Å²) >= 11 is 0. The molecule has 1 amide bonds. The van der Waals surface area contributed by atoms with Gasteiger partial charge >= 0.3 is 5.97 Å². The van der Waals surface area contributed by atoms with Crippen LogP contribution in [0.3, 0.4) is 0 Å². The Morgan fingerprint density at radius 3 is 2.41 bits per heavy atom. The van der Waals surface area contributed by atoms with E-state index in [1.54, 1.807) is 30.3 Å². The SMILES string of the molecule is CO[C@@H](C(=O)N[C@H](Cc1cnc2ccccc2n1)C(=O)O)c1ccccc1. The monoisotopic (exact) mass is 365 g/mol. The second kappa shape index (κ2) is 8.37. The van der Waals surface area contributed by atoms with Gasteiger partial charge in [0.25, 0.3) is 5.91 Å². The zero-order chi connectivity index (χ0) is 19.2. The lowest BCUT2D eigenvalue weighted by Crippen LogP contribution is -2.44. The van der Waals surface area contributed by atoms with E-state index in [9.17, 15) is 14.7 Å². The summed E-state index contributed by atoms with van der Waals surface area (Å²) in [6.45, 7) is 0. The Morgan fingerprint density at radius 1 is 1.07 bits per heavy atom. The van der Waals surface area contributed by atoms with Crippen molar-refractivity contribution in [3.63, 3.8) is 0 Å². The Labute approximate surface area is 156 Å². The van der Waals surface area contributed by atoms with E-state index >= 15 is 0 Å². The second-order valence-electron chi connectivity index (χ2n) is 5.98. The smallest absolute Gasteiger partial charge is 0.326 e. The number of amides is 1. The number of methoxy groups -OCH3 is 1. The quantitative estimate of drug-likeness (QED) is 0.665. The van der Waals surface area contributed by atoms with Gasteiger partial charge in [0.15, 0.2) is 6.10 Å². The molecular weight excluding hydrogens is 346 g/mol. The van der Waals surface area contributed by atoms with Crippen molar-refractivity contribution in [1.82, 2.24) is 15.3 Å². The largest absolute Gasteiger partial charge is 0.480 e. The number of aromatic nitrogens is 2. The van der Waals surface area contributed by atoms with Crippen LogP contribution < -0.4 is 5.32 Å². The summed E-state index contributed by atoms with van der Waals surface area (Å²) in [5.74, 6) is -1.67. The van der Waals surface area contributed by atoms with Crippen molar-refractivity contribution in [2.75, 3.05) is 7.11 Å². The van der Waals surface area contributed by atoms with Crippen LogP contribution in [0.15, 0.2) is 60.8 Å². The minimum absolute atomic E-state index is 0.0180. The number of hydrogen-bond acceptors (Lipinski definition) is 5. The maximum Gasteiger partial charge on any atom is 0.326 e. The number of carbonyl (C=O) groups is 2. The molecule has 7 nitrogen and oxygen atoms in total. The Bertz CT molecular complexity index is 946. The van der Waals surface area contributed by atoms with E-state index in [-0.39, 0.29) is 6.42 Å². The van der Waals surface area contributed by atoms with Gasteiger partial charge in [-0.05, 0) is 17.7 Å². The molecule has 3 aromatic rings. The van der Waals surface area contributed by atoms with Gasteiger partial charge in [-0.15, -0.1) is 0 Å². The lowest BCUT2D eigenvalue weighted by Gasteiger charge is -2.19. The number of nitrogens with zero attached hydrogens (tertiary/aromatic N) is 2. The average Bonchev–Trinajstić information content (AvgIpc) is 2.68. The maximum atomic E-state index is 12.6.